The number of likely N-dealkylation sites (tertiary alicyclic amines) is 1. The second-order valence-corrected chi connectivity index (χ2v) is 5.91. The summed E-state index contributed by atoms with van der Waals surface area (Å²) in [7, 11) is 1.83. The molecule has 0 spiro atoms. The number of hydrogen-bond donors (Lipinski definition) is 1. The van der Waals surface area contributed by atoms with E-state index in [2.05, 4.69) is 18.9 Å². The van der Waals surface area contributed by atoms with Crippen LogP contribution in [0.3, 0.4) is 0 Å². The third kappa shape index (κ3) is 2.97. The molecule has 1 saturated heterocycles. The van der Waals surface area contributed by atoms with Crippen LogP contribution in [0.15, 0.2) is 12.4 Å². The van der Waals surface area contributed by atoms with Gasteiger partial charge in [0, 0.05) is 31.9 Å². The van der Waals surface area contributed by atoms with Crippen LogP contribution in [0, 0.1) is 5.41 Å². The molecule has 1 aliphatic heterocycles. The lowest BCUT2D eigenvalue weighted by Crippen LogP contribution is -2.45. The molecule has 106 valence electrons. The molecule has 0 radical (unpaired) electrons. The average molecular weight is 264 g/mol. The minimum absolute atomic E-state index is 0.0196. The van der Waals surface area contributed by atoms with E-state index in [0.29, 0.717) is 5.41 Å². The van der Waals surface area contributed by atoms with Crippen molar-refractivity contribution >= 4 is 5.91 Å². The molecule has 0 aromatic carbocycles. The van der Waals surface area contributed by atoms with Crippen molar-refractivity contribution in [2.45, 2.75) is 39.2 Å². The van der Waals surface area contributed by atoms with Gasteiger partial charge in [-0.3, -0.25) is 9.48 Å². The number of carbonyl (C=O) groups excluding carboxylic acids is 1. The number of piperidine rings is 1. The molecule has 0 saturated carbocycles. The third-order valence-electron chi connectivity index (χ3n) is 4.49. The molecule has 1 atom stereocenters. The SMILES string of the molecule is CCC1(C)CCN(C(=O)C(N)c2cnn(C)c2)CC1. The van der Waals surface area contributed by atoms with E-state index in [9.17, 15) is 4.79 Å². The Bertz CT molecular complexity index is 446. The van der Waals surface area contributed by atoms with Crippen LogP contribution in [0.4, 0.5) is 0 Å². The van der Waals surface area contributed by atoms with E-state index >= 15 is 0 Å². The molecule has 1 unspecified atom stereocenters. The molecular formula is C14H24N4O. The van der Waals surface area contributed by atoms with Crippen LogP contribution < -0.4 is 5.73 Å². The van der Waals surface area contributed by atoms with Crippen LogP contribution in [-0.4, -0.2) is 33.7 Å². The van der Waals surface area contributed by atoms with Crippen LogP contribution in [0.1, 0.15) is 44.7 Å². The van der Waals surface area contributed by atoms with Crippen molar-refractivity contribution in [1.82, 2.24) is 14.7 Å². The lowest BCUT2D eigenvalue weighted by atomic mass is 9.78. The minimum Gasteiger partial charge on any atom is -0.341 e. The molecule has 1 amide bonds. The van der Waals surface area contributed by atoms with Crippen LogP contribution in [0.5, 0.6) is 0 Å². The number of hydrogen-bond acceptors (Lipinski definition) is 3. The molecule has 2 N–H and O–H groups in total. The summed E-state index contributed by atoms with van der Waals surface area (Å²) in [5, 5.41) is 4.07. The number of aromatic nitrogens is 2. The Labute approximate surface area is 114 Å². The lowest BCUT2D eigenvalue weighted by Gasteiger charge is -2.39. The van der Waals surface area contributed by atoms with Crippen molar-refractivity contribution in [3.63, 3.8) is 0 Å². The van der Waals surface area contributed by atoms with Gasteiger partial charge in [-0.25, -0.2) is 0 Å². The lowest BCUT2D eigenvalue weighted by molar-refractivity contribution is -0.135. The Hall–Kier alpha value is -1.36. The summed E-state index contributed by atoms with van der Waals surface area (Å²) in [6.07, 6.45) is 6.78. The second kappa shape index (κ2) is 5.33. The fraction of sp³-hybridized carbons (Fsp3) is 0.714. The molecule has 1 aromatic rings. The summed E-state index contributed by atoms with van der Waals surface area (Å²) < 4.78 is 1.67. The highest BCUT2D eigenvalue weighted by atomic mass is 16.2. The fourth-order valence-corrected chi connectivity index (χ4v) is 2.56. The monoisotopic (exact) mass is 264 g/mol. The summed E-state index contributed by atoms with van der Waals surface area (Å²) in [6.45, 7) is 6.16. The first-order valence-corrected chi connectivity index (χ1v) is 6.98. The van der Waals surface area contributed by atoms with Crippen molar-refractivity contribution in [3.05, 3.63) is 18.0 Å². The first-order chi connectivity index (χ1) is 8.95. The zero-order valence-electron chi connectivity index (χ0n) is 12.1. The predicted octanol–water partition coefficient (Wildman–Crippen LogP) is 1.46. The highest BCUT2D eigenvalue weighted by Gasteiger charge is 2.32. The Kier molecular flexibility index (Phi) is 3.94. The molecule has 2 heterocycles. The quantitative estimate of drug-likeness (QED) is 0.899. The highest BCUT2D eigenvalue weighted by Crippen LogP contribution is 2.34. The molecule has 1 aliphatic rings. The first kappa shape index (κ1) is 14.1. The second-order valence-electron chi connectivity index (χ2n) is 5.91. The summed E-state index contributed by atoms with van der Waals surface area (Å²) in [6, 6.07) is -0.584. The number of aryl methyl sites for hydroxylation is 1. The molecule has 1 aromatic heterocycles. The van der Waals surface area contributed by atoms with Crippen LogP contribution in [0.25, 0.3) is 0 Å². The van der Waals surface area contributed by atoms with Gasteiger partial charge in [-0.1, -0.05) is 20.3 Å². The summed E-state index contributed by atoms with van der Waals surface area (Å²) in [5.74, 6) is 0.0196. The van der Waals surface area contributed by atoms with E-state index in [1.54, 1.807) is 10.9 Å². The smallest absolute Gasteiger partial charge is 0.244 e. The van der Waals surface area contributed by atoms with Crippen molar-refractivity contribution in [1.29, 1.82) is 0 Å². The maximum atomic E-state index is 12.4. The van der Waals surface area contributed by atoms with Crippen LogP contribution in [0.2, 0.25) is 0 Å². The Morgan fingerprint density at radius 3 is 2.63 bits per heavy atom. The van der Waals surface area contributed by atoms with Gasteiger partial charge in [0.15, 0.2) is 0 Å². The van der Waals surface area contributed by atoms with Gasteiger partial charge in [-0.2, -0.15) is 5.10 Å². The van der Waals surface area contributed by atoms with E-state index in [-0.39, 0.29) is 5.91 Å². The van der Waals surface area contributed by atoms with E-state index in [4.69, 9.17) is 5.73 Å². The van der Waals surface area contributed by atoms with E-state index in [0.717, 1.165) is 31.5 Å². The zero-order chi connectivity index (χ0) is 14.0. The average Bonchev–Trinajstić information content (AvgIpc) is 2.85. The van der Waals surface area contributed by atoms with Crippen molar-refractivity contribution in [2.24, 2.45) is 18.2 Å². The van der Waals surface area contributed by atoms with Gasteiger partial charge in [0.2, 0.25) is 5.91 Å². The Balaban J connectivity index is 1.98. The first-order valence-electron chi connectivity index (χ1n) is 6.98. The standard InChI is InChI=1S/C14H24N4O/c1-4-14(2)5-7-18(8-6-14)13(19)12(15)11-9-16-17(3)10-11/h9-10,12H,4-8,15H2,1-3H3. The molecule has 0 bridgehead atoms. The maximum Gasteiger partial charge on any atom is 0.244 e. The fourth-order valence-electron chi connectivity index (χ4n) is 2.56. The van der Waals surface area contributed by atoms with Gasteiger partial charge in [0.1, 0.15) is 6.04 Å². The van der Waals surface area contributed by atoms with Gasteiger partial charge in [-0.15, -0.1) is 0 Å². The molecular weight excluding hydrogens is 240 g/mol. The number of nitrogens with zero attached hydrogens (tertiary/aromatic N) is 3. The van der Waals surface area contributed by atoms with Crippen LogP contribution in [-0.2, 0) is 11.8 Å². The number of nitrogens with two attached hydrogens (primary N) is 1. The molecule has 5 nitrogen and oxygen atoms in total. The summed E-state index contributed by atoms with van der Waals surface area (Å²) in [4.78, 5) is 14.3. The molecule has 1 fully saturated rings. The molecule has 0 aliphatic carbocycles. The van der Waals surface area contributed by atoms with E-state index in [1.807, 2.05) is 18.1 Å². The third-order valence-corrected chi connectivity index (χ3v) is 4.49. The molecule has 19 heavy (non-hydrogen) atoms. The maximum absolute atomic E-state index is 12.4. The van der Waals surface area contributed by atoms with Crippen molar-refractivity contribution in [3.8, 4) is 0 Å². The topological polar surface area (TPSA) is 64.2 Å². The zero-order valence-corrected chi connectivity index (χ0v) is 12.1. The van der Waals surface area contributed by atoms with Crippen LogP contribution >= 0.6 is 0 Å². The minimum atomic E-state index is -0.584. The summed E-state index contributed by atoms with van der Waals surface area (Å²) >= 11 is 0. The number of amides is 1. The van der Waals surface area contributed by atoms with E-state index in [1.165, 1.54) is 6.42 Å². The van der Waals surface area contributed by atoms with E-state index < -0.39 is 6.04 Å². The normalized spacial score (nSPS) is 20.3. The van der Waals surface area contributed by atoms with Gasteiger partial charge in [-0.05, 0) is 18.3 Å². The van der Waals surface area contributed by atoms with Gasteiger partial charge < -0.3 is 10.6 Å². The Morgan fingerprint density at radius 1 is 1.53 bits per heavy atom. The van der Waals surface area contributed by atoms with Gasteiger partial charge in [0.05, 0.1) is 6.20 Å². The number of rotatable bonds is 3. The van der Waals surface area contributed by atoms with Gasteiger partial charge in [0.25, 0.3) is 0 Å². The molecule has 2 rings (SSSR count). The summed E-state index contributed by atoms with van der Waals surface area (Å²) in [5.41, 5.74) is 7.21. The predicted molar refractivity (Wildman–Crippen MR) is 74.3 cm³/mol. The largest absolute Gasteiger partial charge is 0.341 e. The van der Waals surface area contributed by atoms with Crippen molar-refractivity contribution in [2.75, 3.05) is 13.1 Å². The molecule has 5 heteroatoms. The van der Waals surface area contributed by atoms with Gasteiger partial charge >= 0.3 is 0 Å². The highest BCUT2D eigenvalue weighted by molar-refractivity contribution is 5.83. The Morgan fingerprint density at radius 2 is 2.16 bits per heavy atom. The number of carbonyl (C=O) groups is 1. The van der Waals surface area contributed by atoms with Crippen molar-refractivity contribution < 1.29 is 4.79 Å².